The Bertz CT molecular complexity index is 522. The van der Waals surface area contributed by atoms with Crippen LogP contribution in [0.1, 0.15) is 37.4 Å². The molecule has 4 nitrogen and oxygen atoms in total. The zero-order valence-corrected chi connectivity index (χ0v) is 12.8. The van der Waals surface area contributed by atoms with Gasteiger partial charge in [-0.25, -0.2) is 0 Å². The van der Waals surface area contributed by atoms with Crippen LogP contribution in [0.15, 0.2) is 12.1 Å². The normalized spacial score (nSPS) is 17.7. The van der Waals surface area contributed by atoms with Gasteiger partial charge in [0.2, 0.25) is 0 Å². The third kappa shape index (κ3) is 3.69. The van der Waals surface area contributed by atoms with Crippen LogP contribution in [0.2, 0.25) is 0 Å². The second-order valence-corrected chi connectivity index (χ2v) is 5.26. The number of hydrogen-bond donors (Lipinski definition) is 2. The molecule has 3 N–H and O–H groups in total. The molecule has 0 amide bonds. The molecular weight excluding hydrogens is 264 g/mol. The molecule has 0 saturated carbocycles. The van der Waals surface area contributed by atoms with Crippen LogP contribution in [-0.2, 0) is 6.42 Å². The zero-order valence-electron chi connectivity index (χ0n) is 12.8. The van der Waals surface area contributed by atoms with Gasteiger partial charge in [-0.15, -0.1) is 12.3 Å². The van der Waals surface area contributed by atoms with Crippen molar-refractivity contribution < 1.29 is 9.47 Å². The minimum absolute atomic E-state index is 0.0182. The van der Waals surface area contributed by atoms with E-state index in [4.69, 9.17) is 21.6 Å². The summed E-state index contributed by atoms with van der Waals surface area (Å²) in [6.07, 6.45) is 7.12. The quantitative estimate of drug-likeness (QED) is 0.595. The summed E-state index contributed by atoms with van der Waals surface area (Å²) >= 11 is 0. The first-order chi connectivity index (χ1) is 10.2. The lowest BCUT2D eigenvalue weighted by Gasteiger charge is -2.21. The van der Waals surface area contributed by atoms with Crippen LogP contribution < -0.4 is 20.5 Å². The average molecular weight is 288 g/mol. The van der Waals surface area contributed by atoms with Gasteiger partial charge in [-0.2, -0.15) is 0 Å². The van der Waals surface area contributed by atoms with Gasteiger partial charge in [0.1, 0.15) is 17.6 Å². The van der Waals surface area contributed by atoms with Gasteiger partial charge in [-0.3, -0.25) is 0 Å². The van der Waals surface area contributed by atoms with E-state index < -0.39 is 0 Å². The Kier molecular flexibility index (Phi) is 5.49. The van der Waals surface area contributed by atoms with E-state index in [9.17, 15) is 0 Å². The Balaban J connectivity index is 2.27. The lowest BCUT2D eigenvalue weighted by atomic mass is 10.0. The Hall–Kier alpha value is -1.70. The van der Waals surface area contributed by atoms with Gasteiger partial charge in [0.15, 0.2) is 0 Å². The Morgan fingerprint density at radius 3 is 3.05 bits per heavy atom. The Labute approximate surface area is 127 Å². The van der Waals surface area contributed by atoms with Crippen LogP contribution in [0.25, 0.3) is 0 Å². The van der Waals surface area contributed by atoms with Gasteiger partial charge in [0.05, 0.1) is 6.61 Å². The maximum atomic E-state index is 5.91. The third-order valence-electron chi connectivity index (χ3n) is 3.60. The summed E-state index contributed by atoms with van der Waals surface area (Å²) < 4.78 is 11.6. The largest absolute Gasteiger partial charge is 0.494 e. The van der Waals surface area contributed by atoms with E-state index in [-0.39, 0.29) is 12.1 Å². The van der Waals surface area contributed by atoms with Crippen LogP contribution in [0.3, 0.4) is 0 Å². The number of hydrogen-bond acceptors (Lipinski definition) is 4. The molecule has 1 heterocycles. The summed E-state index contributed by atoms with van der Waals surface area (Å²) in [7, 11) is 0. The molecule has 0 fully saturated rings. The summed E-state index contributed by atoms with van der Waals surface area (Å²) in [6, 6.07) is 4.16. The summed E-state index contributed by atoms with van der Waals surface area (Å²) in [5.41, 5.74) is 8.16. The molecule has 21 heavy (non-hydrogen) atoms. The van der Waals surface area contributed by atoms with Gasteiger partial charge in [-0.1, -0.05) is 0 Å². The number of nitrogens with two attached hydrogens (primary N) is 1. The zero-order chi connectivity index (χ0) is 15.2. The molecule has 0 spiro atoms. The fraction of sp³-hybridized carbons (Fsp3) is 0.529. The van der Waals surface area contributed by atoms with Gasteiger partial charge in [-0.05, 0) is 26.0 Å². The molecular formula is C17H24N2O2. The van der Waals surface area contributed by atoms with Crippen LogP contribution >= 0.6 is 0 Å². The molecule has 4 heteroatoms. The molecule has 2 atom stereocenters. The average Bonchev–Trinajstić information content (AvgIpc) is 2.83. The van der Waals surface area contributed by atoms with Gasteiger partial charge in [0, 0.05) is 43.1 Å². The van der Waals surface area contributed by atoms with Crippen LogP contribution in [0.4, 0.5) is 0 Å². The first-order valence-corrected chi connectivity index (χ1v) is 7.52. The highest BCUT2D eigenvalue weighted by Crippen LogP contribution is 2.37. The topological polar surface area (TPSA) is 56.5 Å². The molecule has 2 rings (SSSR count). The molecule has 0 saturated heterocycles. The summed E-state index contributed by atoms with van der Waals surface area (Å²) in [4.78, 5) is 0. The van der Waals surface area contributed by atoms with Crippen LogP contribution in [0, 0.1) is 12.3 Å². The van der Waals surface area contributed by atoms with E-state index in [2.05, 4.69) is 30.3 Å². The van der Waals surface area contributed by atoms with Crippen molar-refractivity contribution in [3.63, 3.8) is 0 Å². The second kappa shape index (κ2) is 7.35. The van der Waals surface area contributed by atoms with E-state index >= 15 is 0 Å². The van der Waals surface area contributed by atoms with Gasteiger partial charge >= 0.3 is 0 Å². The van der Waals surface area contributed by atoms with Crippen molar-refractivity contribution in [2.45, 2.75) is 38.8 Å². The highest BCUT2D eigenvalue weighted by Gasteiger charge is 2.24. The van der Waals surface area contributed by atoms with E-state index in [1.165, 1.54) is 5.56 Å². The standard InChI is InChI=1S/C17H24N2O2/c1-4-6-7-19-15(11-18)14-10-16-13(8-12(3)21-16)9-17(14)20-5-2/h1,9-10,12,15,19H,5-8,11,18H2,2-3H3. The SMILES string of the molecule is C#CCCNC(CN)c1cc2c(cc1OCC)CC(C)O2. The van der Waals surface area contributed by atoms with E-state index in [1.54, 1.807) is 0 Å². The van der Waals surface area contributed by atoms with Crippen molar-refractivity contribution in [2.75, 3.05) is 19.7 Å². The molecule has 0 bridgehead atoms. The first kappa shape index (κ1) is 15.7. The lowest BCUT2D eigenvalue weighted by Crippen LogP contribution is -2.29. The van der Waals surface area contributed by atoms with Gasteiger partial charge < -0.3 is 20.5 Å². The molecule has 0 aliphatic carbocycles. The Morgan fingerprint density at radius 1 is 1.57 bits per heavy atom. The van der Waals surface area contributed by atoms with Crippen molar-refractivity contribution in [3.05, 3.63) is 23.3 Å². The summed E-state index contributed by atoms with van der Waals surface area (Å²) in [5, 5.41) is 3.38. The minimum atomic E-state index is 0.0182. The predicted molar refractivity (Wildman–Crippen MR) is 84.7 cm³/mol. The monoisotopic (exact) mass is 288 g/mol. The molecule has 1 aromatic rings. The number of benzene rings is 1. The van der Waals surface area contributed by atoms with E-state index in [1.807, 2.05) is 6.92 Å². The molecule has 1 aliphatic rings. The molecule has 2 unspecified atom stereocenters. The second-order valence-electron chi connectivity index (χ2n) is 5.26. The molecule has 0 aromatic heterocycles. The number of ether oxygens (including phenoxy) is 2. The highest BCUT2D eigenvalue weighted by atomic mass is 16.5. The highest BCUT2D eigenvalue weighted by molar-refractivity contribution is 5.50. The number of fused-ring (bicyclic) bond motifs is 1. The van der Waals surface area contributed by atoms with Crippen molar-refractivity contribution in [2.24, 2.45) is 5.73 Å². The lowest BCUT2D eigenvalue weighted by molar-refractivity contribution is 0.254. The Morgan fingerprint density at radius 2 is 2.38 bits per heavy atom. The summed E-state index contributed by atoms with van der Waals surface area (Å²) in [5.74, 6) is 4.46. The molecule has 114 valence electrons. The van der Waals surface area contributed by atoms with E-state index in [0.717, 1.165) is 30.0 Å². The third-order valence-corrected chi connectivity index (χ3v) is 3.60. The van der Waals surface area contributed by atoms with Crippen molar-refractivity contribution in [1.82, 2.24) is 5.32 Å². The molecule has 1 aromatic carbocycles. The smallest absolute Gasteiger partial charge is 0.124 e. The van der Waals surface area contributed by atoms with Crippen molar-refractivity contribution >= 4 is 0 Å². The minimum Gasteiger partial charge on any atom is -0.494 e. The summed E-state index contributed by atoms with van der Waals surface area (Å²) in [6.45, 7) is 5.91. The predicted octanol–water partition coefficient (Wildman–Crippen LogP) is 2.02. The van der Waals surface area contributed by atoms with Gasteiger partial charge in [0.25, 0.3) is 0 Å². The fourth-order valence-corrected chi connectivity index (χ4v) is 2.65. The van der Waals surface area contributed by atoms with Crippen LogP contribution in [-0.4, -0.2) is 25.8 Å². The van der Waals surface area contributed by atoms with Crippen molar-refractivity contribution in [1.29, 1.82) is 0 Å². The van der Waals surface area contributed by atoms with Crippen molar-refractivity contribution in [3.8, 4) is 23.8 Å². The van der Waals surface area contributed by atoms with Crippen LogP contribution in [0.5, 0.6) is 11.5 Å². The maximum Gasteiger partial charge on any atom is 0.124 e. The van der Waals surface area contributed by atoms with E-state index in [0.29, 0.717) is 19.6 Å². The fourth-order valence-electron chi connectivity index (χ4n) is 2.65. The first-order valence-electron chi connectivity index (χ1n) is 7.52. The maximum absolute atomic E-state index is 5.91. The molecule has 1 aliphatic heterocycles. The molecule has 0 radical (unpaired) electrons. The number of nitrogens with one attached hydrogen (secondary N) is 1. The number of rotatable bonds is 7. The number of terminal acetylenes is 1.